The molecule has 2 aromatic heterocycles. The molecular weight excluding hydrogens is 356 g/mol. The van der Waals surface area contributed by atoms with E-state index in [0.717, 1.165) is 4.70 Å². The number of aromatic nitrogens is 2. The standard InChI is InChI=1S/C17H12N4O4S/c1-2-20-12-9-10(21(23)24)7-8-14(12)26-17(20)19-15(22)16-18-11-5-3-4-6-13(11)25-16/h3-9H,2H2,1H3. The van der Waals surface area contributed by atoms with Crippen molar-refractivity contribution in [2.45, 2.75) is 13.5 Å². The van der Waals surface area contributed by atoms with E-state index in [1.165, 1.54) is 23.5 Å². The summed E-state index contributed by atoms with van der Waals surface area (Å²) in [5.74, 6) is -0.679. The Morgan fingerprint density at radius 2 is 2.15 bits per heavy atom. The SMILES string of the molecule is CCn1c(=NC(=O)c2nc3ccccc3o2)sc2ccc([N+](=O)[O-])cc21. The van der Waals surface area contributed by atoms with Gasteiger partial charge in [0.15, 0.2) is 10.4 Å². The van der Waals surface area contributed by atoms with Crippen LogP contribution in [0, 0.1) is 10.1 Å². The normalized spacial score (nSPS) is 12.1. The summed E-state index contributed by atoms with van der Waals surface area (Å²) in [6, 6.07) is 11.7. The van der Waals surface area contributed by atoms with Crippen molar-refractivity contribution >= 4 is 44.2 Å². The number of non-ortho nitro benzene ring substituents is 1. The van der Waals surface area contributed by atoms with E-state index in [2.05, 4.69) is 9.98 Å². The summed E-state index contributed by atoms with van der Waals surface area (Å²) in [5.41, 5.74) is 1.76. The molecule has 0 saturated carbocycles. The number of hydrogen-bond donors (Lipinski definition) is 0. The second kappa shape index (κ2) is 6.19. The first-order chi connectivity index (χ1) is 12.6. The van der Waals surface area contributed by atoms with Gasteiger partial charge < -0.3 is 8.98 Å². The van der Waals surface area contributed by atoms with Crippen LogP contribution >= 0.6 is 11.3 Å². The molecule has 0 saturated heterocycles. The predicted octanol–water partition coefficient (Wildman–Crippen LogP) is 3.51. The molecule has 0 atom stereocenters. The molecule has 0 unspecified atom stereocenters. The van der Waals surface area contributed by atoms with Crippen LogP contribution in [0.15, 0.2) is 51.9 Å². The summed E-state index contributed by atoms with van der Waals surface area (Å²) >= 11 is 1.28. The van der Waals surface area contributed by atoms with Gasteiger partial charge in [0.1, 0.15) is 5.52 Å². The van der Waals surface area contributed by atoms with E-state index in [9.17, 15) is 14.9 Å². The molecule has 0 fully saturated rings. The number of nitrogens with zero attached hydrogens (tertiary/aromatic N) is 4. The first-order valence-electron chi connectivity index (χ1n) is 7.79. The maximum Gasteiger partial charge on any atom is 0.335 e. The Hall–Kier alpha value is -3.33. The average molecular weight is 368 g/mol. The van der Waals surface area contributed by atoms with Crippen LogP contribution in [0.25, 0.3) is 21.3 Å². The lowest BCUT2D eigenvalue weighted by Gasteiger charge is -1.99. The number of carbonyl (C=O) groups excluding carboxylic acids is 1. The van der Waals surface area contributed by atoms with Crippen molar-refractivity contribution in [3.8, 4) is 0 Å². The minimum Gasteiger partial charge on any atom is -0.432 e. The largest absolute Gasteiger partial charge is 0.432 e. The third-order valence-corrected chi connectivity index (χ3v) is 4.93. The van der Waals surface area contributed by atoms with Gasteiger partial charge >= 0.3 is 5.91 Å². The zero-order valence-corrected chi connectivity index (χ0v) is 14.4. The molecule has 26 heavy (non-hydrogen) atoms. The fourth-order valence-electron chi connectivity index (χ4n) is 2.66. The number of carbonyl (C=O) groups is 1. The van der Waals surface area contributed by atoms with E-state index in [1.54, 1.807) is 34.9 Å². The highest BCUT2D eigenvalue weighted by molar-refractivity contribution is 7.16. The van der Waals surface area contributed by atoms with Crippen molar-refractivity contribution in [2.24, 2.45) is 4.99 Å². The average Bonchev–Trinajstić information content (AvgIpc) is 3.21. The first kappa shape index (κ1) is 16.2. The third kappa shape index (κ3) is 2.68. The van der Waals surface area contributed by atoms with Gasteiger partial charge in [-0.2, -0.15) is 4.99 Å². The van der Waals surface area contributed by atoms with Crippen molar-refractivity contribution in [3.05, 3.63) is 63.3 Å². The van der Waals surface area contributed by atoms with Crippen molar-refractivity contribution in [1.29, 1.82) is 0 Å². The van der Waals surface area contributed by atoms with Crippen LogP contribution in [0.3, 0.4) is 0 Å². The van der Waals surface area contributed by atoms with Crippen LogP contribution in [0.4, 0.5) is 5.69 Å². The molecule has 8 nitrogen and oxygen atoms in total. The number of nitro groups is 1. The van der Waals surface area contributed by atoms with Gasteiger partial charge in [0, 0.05) is 18.7 Å². The molecule has 2 heterocycles. The Morgan fingerprint density at radius 1 is 1.35 bits per heavy atom. The highest BCUT2D eigenvalue weighted by Crippen LogP contribution is 2.23. The summed E-state index contributed by atoms with van der Waals surface area (Å²) in [6.45, 7) is 2.40. The fraction of sp³-hybridized carbons (Fsp3) is 0.118. The molecule has 0 N–H and O–H groups in total. The summed E-state index contributed by atoms with van der Waals surface area (Å²) in [4.78, 5) is 31.7. The molecule has 9 heteroatoms. The van der Waals surface area contributed by atoms with Gasteiger partial charge in [-0.25, -0.2) is 4.98 Å². The van der Waals surface area contributed by atoms with Crippen molar-refractivity contribution < 1.29 is 14.1 Å². The first-order valence-corrected chi connectivity index (χ1v) is 8.61. The monoisotopic (exact) mass is 368 g/mol. The number of fused-ring (bicyclic) bond motifs is 2. The predicted molar refractivity (Wildman–Crippen MR) is 96.0 cm³/mol. The molecule has 130 valence electrons. The summed E-state index contributed by atoms with van der Waals surface area (Å²) in [6.07, 6.45) is 0. The Labute approximate surface area is 150 Å². The van der Waals surface area contributed by atoms with Gasteiger partial charge in [0.05, 0.1) is 15.1 Å². The lowest BCUT2D eigenvalue weighted by Crippen LogP contribution is -2.16. The zero-order valence-electron chi connectivity index (χ0n) is 13.6. The minimum absolute atomic E-state index is 0.00525. The Bertz CT molecular complexity index is 1200. The van der Waals surface area contributed by atoms with E-state index in [-0.39, 0.29) is 11.6 Å². The molecule has 0 spiro atoms. The number of nitro benzene ring substituents is 1. The molecule has 2 aromatic carbocycles. The molecular formula is C17H12N4O4S. The van der Waals surface area contributed by atoms with Crippen LogP contribution in [-0.4, -0.2) is 20.4 Å². The van der Waals surface area contributed by atoms with Crippen LogP contribution in [0.1, 0.15) is 17.6 Å². The summed E-state index contributed by atoms with van der Waals surface area (Å²) in [7, 11) is 0. The van der Waals surface area contributed by atoms with Gasteiger partial charge in [0.2, 0.25) is 0 Å². The molecule has 0 aliphatic heterocycles. The Balaban J connectivity index is 1.84. The number of oxazole rings is 1. The van der Waals surface area contributed by atoms with E-state index < -0.39 is 10.8 Å². The minimum atomic E-state index is -0.593. The quantitative estimate of drug-likeness (QED) is 0.406. The number of hydrogen-bond acceptors (Lipinski definition) is 6. The second-order valence-electron chi connectivity index (χ2n) is 5.44. The lowest BCUT2D eigenvalue weighted by molar-refractivity contribution is -0.384. The van der Waals surface area contributed by atoms with E-state index in [1.807, 2.05) is 6.92 Å². The molecule has 4 aromatic rings. The fourth-order valence-corrected chi connectivity index (χ4v) is 3.73. The molecule has 0 aliphatic carbocycles. The van der Waals surface area contributed by atoms with Crippen molar-refractivity contribution in [1.82, 2.24) is 9.55 Å². The molecule has 4 rings (SSSR count). The van der Waals surface area contributed by atoms with Crippen LogP contribution in [0.2, 0.25) is 0 Å². The van der Waals surface area contributed by atoms with Crippen LogP contribution < -0.4 is 4.80 Å². The highest BCUT2D eigenvalue weighted by atomic mass is 32.1. The zero-order chi connectivity index (χ0) is 18.3. The van der Waals surface area contributed by atoms with Gasteiger partial charge in [-0.15, -0.1) is 0 Å². The Kier molecular flexibility index (Phi) is 3.85. The van der Waals surface area contributed by atoms with Gasteiger partial charge in [-0.05, 0) is 25.1 Å². The summed E-state index contributed by atoms with van der Waals surface area (Å²) < 4.78 is 8.02. The molecule has 1 amide bonds. The molecule has 0 aliphatic rings. The lowest BCUT2D eigenvalue weighted by atomic mass is 10.3. The maximum absolute atomic E-state index is 12.5. The second-order valence-corrected chi connectivity index (χ2v) is 6.45. The smallest absolute Gasteiger partial charge is 0.335 e. The third-order valence-electron chi connectivity index (χ3n) is 3.87. The van der Waals surface area contributed by atoms with Gasteiger partial charge in [-0.1, -0.05) is 23.5 Å². The molecule has 0 bridgehead atoms. The maximum atomic E-state index is 12.5. The number of aryl methyl sites for hydroxylation is 1. The topological polar surface area (TPSA) is 104 Å². The van der Waals surface area contributed by atoms with E-state index in [0.29, 0.717) is 28.0 Å². The van der Waals surface area contributed by atoms with Crippen molar-refractivity contribution in [3.63, 3.8) is 0 Å². The molecule has 0 radical (unpaired) electrons. The Morgan fingerprint density at radius 3 is 2.88 bits per heavy atom. The summed E-state index contributed by atoms with van der Waals surface area (Å²) in [5, 5.41) is 11.0. The van der Waals surface area contributed by atoms with Crippen molar-refractivity contribution in [2.75, 3.05) is 0 Å². The highest BCUT2D eigenvalue weighted by Gasteiger charge is 2.16. The number of para-hydroxylation sites is 2. The van der Waals surface area contributed by atoms with Gasteiger partial charge in [-0.3, -0.25) is 14.9 Å². The number of benzene rings is 2. The number of rotatable bonds is 3. The number of amides is 1. The number of thiazole rings is 1. The van der Waals surface area contributed by atoms with Crippen LogP contribution in [0.5, 0.6) is 0 Å². The van der Waals surface area contributed by atoms with E-state index >= 15 is 0 Å². The van der Waals surface area contributed by atoms with Crippen LogP contribution in [-0.2, 0) is 6.54 Å². The van der Waals surface area contributed by atoms with E-state index in [4.69, 9.17) is 4.42 Å². The van der Waals surface area contributed by atoms with Gasteiger partial charge in [0.25, 0.3) is 11.6 Å².